The molecule has 0 amide bonds. The molecule has 1 heterocycles. The molecule has 2 fully saturated rings. The summed E-state index contributed by atoms with van der Waals surface area (Å²) in [5, 5.41) is 14.1. The summed E-state index contributed by atoms with van der Waals surface area (Å²) >= 11 is 0. The summed E-state index contributed by atoms with van der Waals surface area (Å²) < 4.78 is 10.6. The van der Waals surface area contributed by atoms with E-state index in [-0.39, 0.29) is 24.0 Å². The fourth-order valence-electron chi connectivity index (χ4n) is 4.38. The molecule has 1 aliphatic heterocycles. The Morgan fingerprint density at radius 1 is 1.18 bits per heavy atom. The fourth-order valence-corrected chi connectivity index (χ4v) is 4.38. The smallest absolute Gasteiger partial charge is 0.194 e. The van der Waals surface area contributed by atoms with E-state index in [1.807, 2.05) is 12.1 Å². The van der Waals surface area contributed by atoms with Gasteiger partial charge in [0.25, 0.3) is 0 Å². The van der Waals surface area contributed by atoms with Gasteiger partial charge in [-0.15, -0.1) is 24.0 Å². The number of rotatable bonds is 6. The van der Waals surface area contributed by atoms with Crippen molar-refractivity contribution >= 4 is 29.9 Å². The number of likely N-dealkylation sites (tertiary alicyclic amines) is 1. The van der Waals surface area contributed by atoms with Gasteiger partial charge in [0.2, 0.25) is 0 Å². The van der Waals surface area contributed by atoms with Gasteiger partial charge in [0.1, 0.15) is 11.5 Å². The second-order valence-corrected chi connectivity index (χ2v) is 7.74. The quantitative estimate of drug-likeness (QED) is 0.353. The molecular formula is C21H34IN3O3. The van der Waals surface area contributed by atoms with Gasteiger partial charge in [-0.1, -0.05) is 12.8 Å². The minimum atomic E-state index is -0.703. The molecule has 0 aromatic heterocycles. The molecule has 1 atom stereocenters. The summed E-state index contributed by atoms with van der Waals surface area (Å²) in [4.78, 5) is 7.11. The van der Waals surface area contributed by atoms with Crippen molar-refractivity contribution in [2.75, 3.05) is 40.4 Å². The summed E-state index contributed by atoms with van der Waals surface area (Å²) in [7, 11) is 3.22. The first kappa shape index (κ1) is 23.1. The zero-order valence-electron chi connectivity index (χ0n) is 17.2. The Morgan fingerprint density at radius 2 is 1.82 bits per heavy atom. The van der Waals surface area contributed by atoms with Crippen LogP contribution in [-0.2, 0) is 0 Å². The van der Waals surface area contributed by atoms with Crippen LogP contribution in [0.3, 0.4) is 0 Å². The zero-order valence-corrected chi connectivity index (χ0v) is 19.6. The maximum Gasteiger partial charge on any atom is 0.194 e. The van der Waals surface area contributed by atoms with Crippen molar-refractivity contribution in [2.24, 2.45) is 10.4 Å². The Balaban J connectivity index is 0.00000280. The van der Waals surface area contributed by atoms with Gasteiger partial charge in [-0.05, 0) is 49.3 Å². The number of hydrogen-bond acceptors (Lipinski definition) is 4. The van der Waals surface area contributed by atoms with Crippen molar-refractivity contribution in [2.45, 2.75) is 45.1 Å². The molecule has 2 aliphatic rings. The molecule has 1 spiro atoms. The van der Waals surface area contributed by atoms with E-state index >= 15 is 0 Å². The summed E-state index contributed by atoms with van der Waals surface area (Å²) in [6.07, 6.45) is 5.96. The van der Waals surface area contributed by atoms with E-state index < -0.39 is 6.10 Å². The molecule has 2 N–H and O–H groups in total. The molecule has 1 aromatic carbocycles. The normalized spacial score (nSPS) is 19.4. The molecule has 1 aliphatic carbocycles. The summed E-state index contributed by atoms with van der Waals surface area (Å²) in [5.74, 6) is 2.25. The summed E-state index contributed by atoms with van der Waals surface area (Å²) in [6.45, 7) is 5.35. The van der Waals surface area contributed by atoms with Gasteiger partial charge >= 0.3 is 0 Å². The highest BCUT2D eigenvalue weighted by Gasteiger charge is 2.41. The number of aliphatic hydroxyl groups excluding tert-OH is 1. The lowest BCUT2D eigenvalue weighted by Gasteiger charge is -2.26. The van der Waals surface area contributed by atoms with Crippen LogP contribution in [0.1, 0.15) is 50.7 Å². The van der Waals surface area contributed by atoms with Gasteiger partial charge in [-0.25, -0.2) is 0 Å². The molecule has 158 valence electrons. The Labute approximate surface area is 185 Å². The zero-order chi connectivity index (χ0) is 19.3. The maximum absolute atomic E-state index is 10.7. The second-order valence-electron chi connectivity index (χ2n) is 7.74. The molecule has 1 saturated heterocycles. The van der Waals surface area contributed by atoms with E-state index in [0.717, 1.165) is 31.2 Å². The number of hydrogen-bond donors (Lipinski definition) is 2. The molecule has 3 rings (SSSR count). The van der Waals surface area contributed by atoms with Crippen molar-refractivity contribution < 1.29 is 14.6 Å². The van der Waals surface area contributed by atoms with E-state index in [4.69, 9.17) is 14.5 Å². The molecule has 28 heavy (non-hydrogen) atoms. The lowest BCUT2D eigenvalue weighted by Crippen LogP contribution is -2.41. The first-order valence-corrected chi connectivity index (χ1v) is 10.0. The average molecular weight is 503 g/mol. The van der Waals surface area contributed by atoms with Crippen LogP contribution in [0.15, 0.2) is 23.2 Å². The summed E-state index contributed by atoms with van der Waals surface area (Å²) in [6, 6.07) is 5.47. The van der Waals surface area contributed by atoms with E-state index in [1.54, 1.807) is 20.3 Å². The fraction of sp³-hybridized carbons (Fsp3) is 0.667. The van der Waals surface area contributed by atoms with Crippen molar-refractivity contribution in [3.63, 3.8) is 0 Å². The predicted octanol–water partition coefficient (Wildman–Crippen LogP) is 3.59. The van der Waals surface area contributed by atoms with Crippen LogP contribution in [0.4, 0.5) is 0 Å². The molecular weight excluding hydrogens is 469 g/mol. The molecule has 1 unspecified atom stereocenters. The first-order valence-electron chi connectivity index (χ1n) is 10.0. The summed E-state index contributed by atoms with van der Waals surface area (Å²) in [5.41, 5.74) is 1.24. The standard InChI is InChI=1S/C21H33N3O3.HI/c1-4-22-20(24-10-9-21(15-24)7-5-6-8-21)23-14-19(25)16-11-17(26-2)13-18(12-16)27-3;/h11-13,19,25H,4-10,14-15H2,1-3H3,(H,22,23);1H. The lowest BCUT2D eigenvalue weighted by molar-refractivity contribution is 0.185. The van der Waals surface area contributed by atoms with Crippen molar-refractivity contribution in [3.8, 4) is 11.5 Å². The van der Waals surface area contributed by atoms with Crippen LogP contribution in [0.25, 0.3) is 0 Å². The Morgan fingerprint density at radius 3 is 2.39 bits per heavy atom. The third kappa shape index (κ3) is 5.43. The monoisotopic (exact) mass is 503 g/mol. The van der Waals surface area contributed by atoms with E-state index in [9.17, 15) is 5.11 Å². The molecule has 6 nitrogen and oxygen atoms in total. The van der Waals surface area contributed by atoms with Gasteiger partial charge in [0, 0.05) is 25.7 Å². The number of halogens is 1. The molecule has 0 bridgehead atoms. The third-order valence-electron chi connectivity index (χ3n) is 5.91. The average Bonchev–Trinajstić information content (AvgIpc) is 3.34. The highest BCUT2D eigenvalue weighted by molar-refractivity contribution is 14.0. The number of nitrogens with zero attached hydrogens (tertiary/aromatic N) is 2. The van der Waals surface area contributed by atoms with E-state index in [1.165, 1.54) is 32.1 Å². The van der Waals surface area contributed by atoms with Crippen molar-refractivity contribution in [3.05, 3.63) is 23.8 Å². The molecule has 1 aromatic rings. The SMILES string of the molecule is CCNC(=NCC(O)c1cc(OC)cc(OC)c1)N1CCC2(CCCC2)C1.I. The minimum absolute atomic E-state index is 0. The number of aliphatic hydroxyl groups is 1. The second kappa shape index (κ2) is 10.5. The van der Waals surface area contributed by atoms with Crippen molar-refractivity contribution in [1.82, 2.24) is 10.2 Å². The lowest BCUT2D eigenvalue weighted by atomic mass is 9.86. The first-order chi connectivity index (χ1) is 13.1. The molecule has 7 heteroatoms. The Hall–Kier alpha value is -1.22. The number of guanidine groups is 1. The molecule has 1 saturated carbocycles. The van der Waals surface area contributed by atoms with Gasteiger partial charge in [-0.2, -0.15) is 0 Å². The molecule has 0 radical (unpaired) electrons. The van der Waals surface area contributed by atoms with Crippen LogP contribution in [0.2, 0.25) is 0 Å². The number of methoxy groups -OCH3 is 2. The number of aliphatic imine (C=N–C) groups is 1. The van der Waals surface area contributed by atoms with Crippen LogP contribution in [-0.4, -0.2) is 56.4 Å². The Bertz CT molecular complexity index is 640. The van der Waals surface area contributed by atoms with Gasteiger partial charge in [0.05, 0.1) is 26.9 Å². The predicted molar refractivity (Wildman–Crippen MR) is 123 cm³/mol. The largest absolute Gasteiger partial charge is 0.497 e. The number of benzene rings is 1. The van der Waals surface area contributed by atoms with Crippen LogP contribution in [0, 0.1) is 5.41 Å². The number of nitrogens with one attached hydrogen (secondary N) is 1. The van der Waals surface area contributed by atoms with Crippen molar-refractivity contribution in [1.29, 1.82) is 0 Å². The number of ether oxygens (including phenoxy) is 2. The van der Waals surface area contributed by atoms with E-state index in [2.05, 4.69) is 17.1 Å². The van der Waals surface area contributed by atoms with E-state index in [0.29, 0.717) is 23.5 Å². The van der Waals surface area contributed by atoms with Gasteiger partial charge in [-0.3, -0.25) is 4.99 Å². The highest BCUT2D eigenvalue weighted by Crippen LogP contribution is 2.45. The topological polar surface area (TPSA) is 66.3 Å². The third-order valence-corrected chi connectivity index (χ3v) is 5.91. The van der Waals surface area contributed by atoms with Gasteiger partial charge in [0.15, 0.2) is 5.96 Å². The van der Waals surface area contributed by atoms with Crippen LogP contribution < -0.4 is 14.8 Å². The minimum Gasteiger partial charge on any atom is -0.497 e. The Kier molecular flexibility index (Phi) is 8.67. The maximum atomic E-state index is 10.7. The van der Waals surface area contributed by atoms with Gasteiger partial charge < -0.3 is 24.8 Å². The van der Waals surface area contributed by atoms with Crippen LogP contribution in [0.5, 0.6) is 11.5 Å². The highest BCUT2D eigenvalue weighted by atomic mass is 127. The van der Waals surface area contributed by atoms with Crippen LogP contribution >= 0.6 is 24.0 Å².